The van der Waals surface area contributed by atoms with Crippen LogP contribution in [0.5, 0.6) is 0 Å². The van der Waals surface area contributed by atoms with Gasteiger partial charge in [0, 0.05) is 12.7 Å². The van der Waals surface area contributed by atoms with Gasteiger partial charge in [-0.1, -0.05) is 0 Å². The van der Waals surface area contributed by atoms with Gasteiger partial charge in [-0.05, 0) is 12.5 Å². The zero-order chi connectivity index (χ0) is 9.59. The molecule has 2 aliphatic heterocycles. The predicted octanol–water partition coefficient (Wildman–Crippen LogP) is 0.0592. The van der Waals surface area contributed by atoms with Crippen LogP contribution in [0.2, 0.25) is 0 Å². The molecule has 3 atom stereocenters. The van der Waals surface area contributed by atoms with E-state index < -0.39 is 11.2 Å². The molecule has 2 heterocycles. The molecule has 0 aromatic heterocycles. The highest BCUT2D eigenvalue weighted by molar-refractivity contribution is 8.01. The van der Waals surface area contributed by atoms with Gasteiger partial charge in [0.1, 0.15) is 5.25 Å². The number of hydrogen-bond donors (Lipinski definition) is 2. The average molecular weight is 200 g/mol. The smallest absolute Gasteiger partial charge is 0.320 e. The van der Waals surface area contributed by atoms with E-state index in [2.05, 4.69) is 4.90 Å². The monoisotopic (exact) mass is 200 g/mol. The summed E-state index contributed by atoms with van der Waals surface area (Å²) in [5.74, 6) is -0.766. The number of rotatable bonds is 1. The maximum Gasteiger partial charge on any atom is 0.320 e. The van der Waals surface area contributed by atoms with Gasteiger partial charge in [0.15, 0.2) is 0 Å². The Hall–Kier alpha value is -0.680. The number of carboxylic acid groups (broad SMARTS) is 1. The Labute approximate surface area is 80.8 Å². The van der Waals surface area contributed by atoms with Crippen molar-refractivity contribution < 1.29 is 9.90 Å². The first-order valence-corrected chi connectivity index (χ1v) is 5.12. The molecule has 0 aromatic carbocycles. The molecule has 2 aliphatic rings. The zero-order valence-electron chi connectivity index (χ0n) is 7.30. The topological polar surface area (TPSA) is 66.6 Å². The van der Waals surface area contributed by atoms with Crippen molar-refractivity contribution in [2.45, 2.75) is 23.6 Å². The van der Waals surface area contributed by atoms with Crippen LogP contribution in [-0.4, -0.2) is 39.2 Å². The SMILES string of the molecule is CC1=CN2CC(N)C2SC1C(=O)O. The fourth-order valence-corrected chi connectivity index (χ4v) is 2.94. The number of nitrogens with two attached hydrogens (primary N) is 1. The van der Waals surface area contributed by atoms with Crippen LogP contribution in [-0.2, 0) is 4.79 Å². The summed E-state index contributed by atoms with van der Waals surface area (Å²) in [4.78, 5) is 12.9. The summed E-state index contributed by atoms with van der Waals surface area (Å²) in [5.41, 5.74) is 6.66. The van der Waals surface area contributed by atoms with E-state index >= 15 is 0 Å². The summed E-state index contributed by atoms with van der Waals surface area (Å²) < 4.78 is 0. The van der Waals surface area contributed by atoms with Crippen molar-refractivity contribution in [3.8, 4) is 0 Å². The van der Waals surface area contributed by atoms with E-state index in [-0.39, 0.29) is 11.4 Å². The normalized spacial score (nSPS) is 37.5. The van der Waals surface area contributed by atoms with Crippen LogP contribution in [0.3, 0.4) is 0 Å². The quantitative estimate of drug-likeness (QED) is 0.626. The first-order valence-electron chi connectivity index (χ1n) is 4.17. The first-order chi connectivity index (χ1) is 6.09. The predicted molar refractivity (Wildman–Crippen MR) is 51.2 cm³/mol. The van der Waals surface area contributed by atoms with Gasteiger partial charge in [-0.2, -0.15) is 0 Å². The Bertz CT molecular complexity index is 279. The van der Waals surface area contributed by atoms with Crippen LogP contribution in [0.4, 0.5) is 0 Å². The highest BCUT2D eigenvalue weighted by atomic mass is 32.2. The Balaban J connectivity index is 2.16. The fraction of sp³-hybridized carbons (Fsp3) is 0.625. The molecule has 0 spiro atoms. The molecule has 0 aromatic rings. The molecule has 0 radical (unpaired) electrons. The molecule has 4 nitrogen and oxygen atoms in total. The molecule has 0 aliphatic carbocycles. The van der Waals surface area contributed by atoms with E-state index in [0.717, 1.165) is 12.1 Å². The highest BCUT2D eigenvalue weighted by Gasteiger charge is 2.42. The standard InChI is InChI=1S/C8H12N2O2S/c1-4-2-10-3-5(9)7(10)13-6(4)8(11)12/h2,5-7H,3,9H2,1H3,(H,11,12). The van der Waals surface area contributed by atoms with Crippen LogP contribution in [0.1, 0.15) is 6.92 Å². The van der Waals surface area contributed by atoms with Gasteiger partial charge in [0.05, 0.1) is 11.4 Å². The van der Waals surface area contributed by atoms with Crippen molar-refractivity contribution >= 4 is 17.7 Å². The van der Waals surface area contributed by atoms with E-state index in [0.29, 0.717) is 0 Å². The number of carboxylic acids is 1. The van der Waals surface area contributed by atoms with Gasteiger partial charge in [-0.15, -0.1) is 11.8 Å². The molecule has 5 heteroatoms. The van der Waals surface area contributed by atoms with E-state index in [9.17, 15) is 4.79 Å². The van der Waals surface area contributed by atoms with Crippen LogP contribution < -0.4 is 5.73 Å². The lowest BCUT2D eigenvalue weighted by Gasteiger charge is -2.49. The summed E-state index contributed by atoms with van der Waals surface area (Å²) in [7, 11) is 0. The fourth-order valence-electron chi connectivity index (χ4n) is 1.68. The number of fused-ring (bicyclic) bond motifs is 1. The molecular weight excluding hydrogens is 188 g/mol. The van der Waals surface area contributed by atoms with E-state index in [4.69, 9.17) is 10.8 Å². The largest absolute Gasteiger partial charge is 0.480 e. The van der Waals surface area contributed by atoms with Gasteiger partial charge in [0.25, 0.3) is 0 Å². The van der Waals surface area contributed by atoms with Gasteiger partial charge in [-0.3, -0.25) is 4.79 Å². The van der Waals surface area contributed by atoms with Crippen molar-refractivity contribution in [2.75, 3.05) is 6.54 Å². The van der Waals surface area contributed by atoms with Crippen LogP contribution in [0.15, 0.2) is 11.8 Å². The lowest BCUT2D eigenvalue weighted by Crippen LogP contribution is -2.62. The molecule has 3 N–H and O–H groups in total. The van der Waals surface area contributed by atoms with Gasteiger partial charge in [0.2, 0.25) is 0 Å². The Kier molecular flexibility index (Phi) is 2.00. The molecule has 0 bridgehead atoms. The van der Waals surface area contributed by atoms with Gasteiger partial charge < -0.3 is 15.7 Å². The van der Waals surface area contributed by atoms with E-state index in [1.165, 1.54) is 11.8 Å². The highest BCUT2D eigenvalue weighted by Crippen LogP contribution is 2.38. The molecule has 1 fully saturated rings. The first kappa shape index (κ1) is 8.90. The second-order valence-electron chi connectivity index (χ2n) is 3.48. The third-order valence-corrected chi connectivity index (χ3v) is 4.14. The molecule has 72 valence electrons. The lowest BCUT2D eigenvalue weighted by molar-refractivity contribution is -0.135. The number of nitrogens with zero attached hydrogens (tertiary/aromatic N) is 1. The minimum atomic E-state index is -0.766. The van der Waals surface area contributed by atoms with Crippen LogP contribution >= 0.6 is 11.8 Å². The number of hydrogen-bond acceptors (Lipinski definition) is 4. The van der Waals surface area contributed by atoms with Gasteiger partial charge >= 0.3 is 5.97 Å². The Morgan fingerprint density at radius 1 is 1.85 bits per heavy atom. The summed E-state index contributed by atoms with van der Waals surface area (Å²) >= 11 is 1.44. The van der Waals surface area contributed by atoms with Crippen LogP contribution in [0.25, 0.3) is 0 Å². The van der Waals surface area contributed by atoms with Crippen molar-refractivity contribution in [3.05, 3.63) is 11.8 Å². The molecule has 2 rings (SSSR count). The molecule has 0 amide bonds. The van der Waals surface area contributed by atoms with Crippen molar-refractivity contribution in [3.63, 3.8) is 0 Å². The van der Waals surface area contributed by atoms with Crippen LogP contribution in [0, 0.1) is 0 Å². The molecule has 0 saturated carbocycles. The third kappa shape index (κ3) is 1.32. The maximum absolute atomic E-state index is 10.8. The maximum atomic E-state index is 10.8. The zero-order valence-corrected chi connectivity index (χ0v) is 8.12. The molecule has 3 unspecified atom stereocenters. The van der Waals surface area contributed by atoms with Crippen molar-refractivity contribution in [1.29, 1.82) is 0 Å². The third-order valence-electron chi connectivity index (χ3n) is 2.40. The molecule has 13 heavy (non-hydrogen) atoms. The summed E-state index contributed by atoms with van der Waals surface area (Å²) in [5, 5.41) is 8.66. The van der Waals surface area contributed by atoms with Crippen molar-refractivity contribution in [2.24, 2.45) is 5.73 Å². The minimum absolute atomic E-state index is 0.121. The Morgan fingerprint density at radius 3 is 3.08 bits per heavy atom. The van der Waals surface area contributed by atoms with Crippen molar-refractivity contribution in [1.82, 2.24) is 4.90 Å². The molecular formula is C8H12N2O2S. The average Bonchev–Trinajstić information content (AvgIpc) is 2.02. The molecule has 1 saturated heterocycles. The lowest BCUT2D eigenvalue weighted by atomic mass is 10.1. The number of carbonyl (C=O) groups is 1. The van der Waals surface area contributed by atoms with E-state index in [1.807, 2.05) is 13.1 Å². The second-order valence-corrected chi connectivity index (χ2v) is 4.71. The summed E-state index contributed by atoms with van der Waals surface area (Å²) in [6.45, 7) is 2.70. The van der Waals surface area contributed by atoms with E-state index in [1.54, 1.807) is 0 Å². The Morgan fingerprint density at radius 2 is 2.54 bits per heavy atom. The van der Waals surface area contributed by atoms with Gasteiger partial charge in [-0.25, -0.2) is 0 Å². The minimum Gasteiger partial charge on any atom is -0.480 e. The number of aliphatic carboxylic acids is 1. The summed E-state index contributed by atoms with van der Waals surface area (Å²) in [6, 6.07) is 0.121. The second kappa shape index (κ2) is 2.92. The summed E-state index contributed by atoms with van der Waals surface area (Å²) in [6.07, 6.45) is 1.92. The number of thioether (sulfide) groups is 1.